The Balaban J connectivity index is 1.74. The lowest BCUT2D eigenvalue weighted by atomic mass is 9.81. The fourth-order valence-electron chi connectivity index (χ4n) is 3.80. The quantitative estimate of drug-likeness (QED) is 0.519. The van der Waals surface area contributed by atoms with E-state index in [9.17, 15) is 0 Å². The molecule has 2 aliphatic heterocycles. The maximum Gasteiger partial charge on any atom is 0.0593 e. The molecule has 2 heterocycles. The summed E-state index contributed by atoms with van der Waals surface area (Å²) in [5.41, 5.74) is 0. The van der Waals surface area contributed by atoms with Crippen molar-refractivity contribution in [1.82, 2.24) is 10.2 Å². The van der Waals surface area contributed by atoms with E-state index < -0.39 is 0 Å². The number of hydrogen-bond donors (Lipinski definition) is 1. The van der Waals surface area contributed by atoms with Gasteiger partial charge >= 0.3 is 0 Å². The highest BCUT2D eigenvalue weighted by Gasteiger charge is 2.37. The Hall–Kier alpha value is -0.380. The first-order valence-corrected chi connectivity index (χ1v) is 8.53. The summed E-state index contributed by atoms with van der Waals surface area (Å²) in [5.74, 6) is 0. The number of ether oxygens (including phenoxy) is 1. The van der Waals surface area contributed by atoms with E-state index in [0.717, 1.165) is 44.3 Å². The van der Waals surface area contributed by atoms with Gasteiger partial charge in [0.05, 0.1) is 13.2 Å². The largest absolute Gasteiger partial charge is 0.380 e. The molecule has 3 nitrogen and oxygen atoms in total. The lowest BCUT2D eigenvalue weighted by molar-refractivity contribution is 0.0000975. The van der Waals surface area contributed by atoms with Gasteiger partial charge in [-0.1, -0.05) is 19.4 Å². The molecule has 2 atom stereocenters. The van der Waals surface area contributed by atoms with Crippen molar-refractivity contribution >= 4 is 0 Å². The molecule has 0 radical (unpaired) electrons. The monoisotopic (exact) mass is 280 g/mol. The van der Waals surface area contributed by atoms with Gasteiger partial charge in [-0.2, -0.15) is 0 Å². The predicted molar refractivity (Wildman–Crippen MR) is 85.1 cm³/mol. The first-order chi connectivity index (χ1) is 9.85. The van der Waals surface area contributed by atoms with Crippen molar-refractivity contribution < 1.29 is 4.74 Å². The van der Waals surface area contributed by atoms with Crippen LogP contribution in [0.2, 0.25) is 0 Å². The molecule has 0 aromatic heterocycles. The second-order valence-corrected chi connectivity index (χ2v) is 6.29. The van der Waals surface area contributed by atoms with Crippen LogP contribution in [-0.2, 0) is 4.74 Å². The average Bonchev–Trinajstić information content (AvgIpc) is 2.44. The minimum atomic E-state index is 0.753. The number of rotatable bonds is 9. The lowest BCUT2D eigenvalue weighted by Gasteiger charge is -2.49. The van der Waals surface area contributed by atoms with Gasteiger partial charge in [-0.3, -0.25) is 4.90 Å². The smallest absolute Gasteiger partial charge is 0.0593 e. The zero-order valence-corrected chi connectivity index (χ0v) is 13.2. The highest BCUT2D eigenvalue weighted by atomic mass is 16.5. The molecule has 0 aliphatic carbocycles. The van der Waals surface area contributed by atoms with Crippen molar-refractivity contribution in [2.24, 2.45) is 0 Å². The fraction of sp³-hybridized carbons (Fsp3) is 0.882. The molecular weight excluding hydrogens is 248 g/mol. The Morgan fingerprint density at radius 2 is 2.00 bits per heavy atom. The molecule has 0 amide bonds. The zero-order valence-electron chi connectivity index (χ0n) is 13.2. The summed E-state index contributed by atoms with van der Waals surface area (Å²) in [6.45, 7) is 9.99. The van der Waals surface area contributed by atoms with Gasteiger partial charge in [0.15, 0.2) is 0 Å². The van der Waals surface area contributed by atoms with E-state index >= 15 is 0 Å². The van der Waals surface area contributed by atoms with E-state index in [1.54, 1.807) is 0 Å². The van der Waals surface area contributed by atoms with Gasteiger partial charge in [0.1, 0.15) is 0 Å². The van der Waals surface area contributed by atoms with Gasteiger partial charge in [0.2, 0.25) is 0 Å². The Kier molecular flexibility index (Phi) is 7.05. The molecule has 2 unspecified atom stereocenters. The highest BCUT2D eigenvalue weighted by molar-refractivity contribution is 4.94. The standard InChI is InChI=1S/C17H32N2O/c1-3-5-11-20-12-10-19-16-7-6-8-17(19)14-15(13-16)18-9-4-2/h3,15-18H,1,4-14H2,2H3. The van der Waals surface area contributed by atoms with Gasteiger partial charge in [0.25, 0.3) is 0 Å². The molecule has 2 rings (SSSR count). The predicted octanol–water partition coefficient (Wildman–Crippen LogP) is 2.96. The summed E-state index contributed by atoms with van der Waals surface area (Å²) >= 11 is 0. The van der Waals surface area contributed by atoms with Gasteiger partial charge < -0.3 is 10.1 Å². The minimum Gasteiger partial charge on any atom is -0.380 e. The Morgan fingerprint density at radius 1 is 1.25 bits per heavy atom. The summed E-state index contributed by atoms with van der Waals surface area (Å²) in [4.78, 5) is 2.74. The average molecular weight is 280 g/mol. The van der Waals surface area contributed by atoms with Crippen LogP contribution in [0.1, 0.15) is 51.9 Å². The second kappa shape index (κ2) is 8.81. The van der Waals surface area contributed by atoms with Crippen molar-refractivity contribution in [3.05, 3.63) is 12.7 Å². The molecule has 2 aliphatic rings. The SMILES string of the molecule is C=CCCOCCN1C2CCCC1CC(NCCC)C2. The summed E-state index contributed by atoms with van der Waals surface area (Å²) in [5, 5.41) is 3.74. The summed E-state index contributed by atoms with van der Waals surface area (Å²) in [7, 11) is 0. The zero-order chi connectivity index (χ0) is 14.2. The van der Waals surface area contributed by atoms with E-state index in [-0.39, 0.29) is 0 Å². The molecule has 3 heteroatoms. The van der Waals surface area contributed by atoms with Crippen LogP contribution in [0, 0.1) is 0 Å². The number of nitrogens with zero attached hydrogens (tertiary/aromatic N) is 1. The van der Waals surface area contributed by atoms with Crippen molar-refractivity contribution in [3.8, 4) is 0 Å². The van der Waals surface area contributed by atoms with Crippen LogP contribution in [0.4, 0.5) is 0 Å². The van der Waals surface area contributed by atoms with Crippen LogP contribution in [0.15, 0.2) is 12.7 Å². The van der Waals surface area contributed by atoms with E-state index in [1.165, 1.54) is 45.1 Å². The van der Waals surface area contributed by atoms with Crippen LogP contribution < -0.4 is 5.32 Å². The molecular formula is C17H32N2O. The Morgan fingerprint density at radius 3 is 2.65 bits per heavy atom. The van der Waals surface area contributed by atoms with Crippen LogP contribution in [0.3, 0.4) is 0 Å². The van der Waals surface area contributed by atoms with Crippen LogP contribution in [-0.4, -0.2) is 49.3 Å². The normalized spacial score (nSPS) is 30.4. The molecule has 116 valence electrons. The number of nitrogens with one attached hydrogen (secondary N) is 1. The molecule has 0 saturated carbocycles. The lowest BCUT2D eigenvalue weighted by Crippen LogP contribution is -2.57. The van der Waals surface area contributed by atoms with Gasteiger partial charge in [0, 0.05) is 24.7 Å². The molecule has 0 aromatic carbocycles. The molecule has 20 heavy (non-hydrogen) atoms. The third kappa shape index (κ3) is 4.57. The number of fused-ring (bicyclic) bond motifs is 2. The van der Waals surface area contributed by atoms with Crippen molar-refractivity contribution in [3.63, 3.8) is 0 Å². The third-order valence-electron chi connectivity index (χ3n) is 4.77. The highest BCUT2D eigenvalue weighted by Crippen LogP contribution is 2.33. The van der Waals surface area contributed by atoms with Crippen molar-refractivity contribution in [2.75, 3.05) is 26.3 Å². The first-order valence-electron chi connectivity index (χ1n) is 8.53. The summed E-state index contributed by atoms with van der Waals surface area (Å²) in [6, 6.07) is 2.34. The minimum absolute atomic E-state index is 0.753. The maximum atomic E-state index is 5.71. The molecule has 2 bridgehead atoms. The Labute approximate surface area is 124 Å². The first kappa shape index (κ1) is 16.0. The van der Waals surface area contributed by atoms with E-state index in [0.29, 0.717) is 0 Å². The van der Waals surface area contributed by atoms with Crippen LogP contribution in [0.5, 0.6) is 0 Å². The van der Waals surface area contributed by atoms with Crippen LogP contribution in [0.25, 0.3) is 0 Å². The number of hydrogen-bond acceptors (Lipinski definition) is 3. The second-order valence-electron chi connectivity index (χ2n) is 6.29. The van der Waals surface area contributed by atoms with Gasteiger partial charge in [-0.05, 0) is 45.1 Å². The summed E-state index contributed by atoms with van der Waals surface area (Å²) < 4.78 is 5.71. The van der Waals surface area contributed by atoms with Gasteiger partial charge in [-0.25, -0.2) is 0 Å². The van der Waals surface area contributed by atoms with Crippen molar-refractivity contribution in [2.45, 2.75) is 70.0 Å². The van der Waals surface area contributed by atoms with Crippen molar-refractivity contribution in [1.29, 1.82) is 0 Å². The van der Waals surface area contributed by atoms with Gasteiger partial charge in [-0.15, -0.1) is 6.58 Å². The fourth-order valence-corrected chi connectivity index (χ4v) is 3.80. The maximum absolute atomic E-state index is 5.71. The van der Waals surface area contributed by atoms with E-state index in [2.05, 4.69) is 23.7 Å². The number of piperidine rings is 2. The molecule has 2 fully saturated rings. The molecule has 2 saturated heterocycles. The van der Waals surface area contributed by atoms with E-state index in [1.807, 2.05) is 6.08 Å². The Bertz CT molecular complexity index is 268. The van der Waals surface area contributed by atoms with E-state index in [4.69, 9.17) is 4.74 Å². The molecule has 0 spiro atoms. The summed E-state index contributed by atoms with van der Waals surface area (Å²) in [6.07, 6.45) is 11.0. The third-order valence-corrected chi connectivity index (χ3v) is 4.77. The molecule has 0 aromatic rings. The molecule has 1 N–H and O–H groups in total. The van der Waals surface area contributed by atoms with Crippen LogP contribution >= 0.6 is 0 Å². The topological polar surface area (TPSA) is 24.5 Å².